The van der Waals surface area contributed by atoms with Gasteiger partial charge in [-0.3, -0.25) is 0 Å². The molecule has 0 radical (unpaired) electrons. The average molecular weight is 325 g/mol. The molecule has 0 aromatic heterocycles. The Morgan fingerprint density at radius 2 is 1.60 bits per heavy atom. The van der Waals surface area contributed by atoms with Crippen molar-refractivity contribution < 1.29 is 16.8 Å². The summed E-state index contributed by atoms with van der Waals surface area (Å²) in [5.74, 6) is -0.451. The Bertz CT molecular complexity index is 468. The van der Waals surface area contributed by atoms with Crippen LogP contribution in [0.2, 0.25) is 0 Å². The zero-order chi connectivity index (χ0) is 15.1. The van der Waals surface area contributed by atoms with Crippen molar-refractivity contribution in [2.45, 2.75) is 57.9 Å². The molecule has 0 unspecified atom stereocenters. The minimum atomic E-state index is -3.90. The van der Waals surface area contributed by atoms with E-state index in [1.54, 1.807) is 0 Å². The fourth-order valence-corrected chi connectivity index (χ4v) is 5.28. The molecule has 6 nitrogen and oxygen atoms in total. The van der Waals surface area contributed by atoms with Crippen LogP contribution in [0, 0.1) is 0 Å². The molecule has 1 aliphatic rings. The van der Waals surface area contributed by atoms with Gasteiger partial charge in [0.15, 0.2) is 0 Å². The largest absolute Gasteiger partial charge is 0.436 e. The van der Waals surface area contributed by atoms with Gasteiger partial charge in [0.1, 0.15) is 0 Å². The molecule has 0 bridgehead atoms. The van der Waals surface area contributed by atoms with Gasteiger partial charge in [-0.05, 0) is 19.3 Å². The molecule has 0 spiro atoms. The van der Waals surface area contributed by atoms with Crippen LogP contribution >= 0.6 is 0 Å². The number of rotatable bonds is 9. The molecular weight excluding hydrogens is 300 g/mol. The maximum absolute atomic E-state index is 11.7. The Labute approximate surface area is 122 Å². The van der Waals surface area contributed by atoms with E-state index in [0.717, 1.165) is 12.8 Å². The summed E-state index contributed by atoms with van der Waals surface area (Å²) >= 11 is 0. The first-order valence-electron chi connectivity index (χ1n) is 7.27. The Hall–Kier alpha value is -0.180. The molecule has 0 saturated heterocycles. The van der Waals surface area contributed by atoms with E-state index in [0.29, 0.717) is 18.9 Å². The number of nitrogens with one attached hydrogen (secondary N) is 1. The van der Waals surface area contributed by atoms with E-state index in [1.165, 1.54) is 19.3 Å². The van der Waals surface area contributed by atoms with Crippen LogP contribution in [0.1, 0.15) is 51.9 Å². The molecule has 0 aromatic rings. The first-order valence-corrected chi connectivity index (χ1v) is 10.5. The lowest BCUT2D eigenvalue weighted by Gasteiger charge is -2.24. The monoisotopic (exact) mass is 325 g/mol. The molecule has 20 heavy (non-hydrogen) atoms. The lowest BCUT2D eigenvalue weighted by atomic mass is 9.96. The Balaban J connectivity index is 2.33. The van der Waals surface area contributed by atoms with Gasteiger partial charge in [-0.1, -0.05) is 32.6 Å². The van der Waals surface area contributed by atoms with Crippen LogP contribution in [0.15, 0.2) is 0 Å². The SMILES string of the molecule is CCCCS(=O)(=O)[N-]S(=O)(=O)CCNC1CCCCC1. The molecule has 120 valence electrons. The molecular formula is C12H25N2O4S2-. The van der Waals surface area contributed by atoms with Gasteiger partial charge in [-0.2, -0.15) is 0 Å². The first-order chi connectivity index (χ1) is 9.35. The highest BCUT2D eigenvalue weighted by atomic mass is 32.3. The summed E-state index contributed by atoms with van der Waals surface area (Å²) in [5, 5.41) is 3.17. The first kappa shape index (κ1) is 17.9. The maximum atomic E-state index is 11.7. The van der Waals surface area contributed by atoms with E-state index in [4.69, 9.17) is 0 Å². The van der Waals surface area contributed by atoms with Gasteiger partial charge in [-0.25, -0.2) is 16.8 Å². The predicted octanol–water partition coefficient (Wildman–Crippen LogP) is 1.74. The second kappa shape index (κ2) is 8.31. The Kier molecular flexibility index (Phi) is 7.42. The molecule has 1 rings (SSSR count). The summed E-state index contributed by atoms with van der Waals surface area (Å²) in [6, 6.07) is 0.357. The van der Waals surface area contributed by atoms with Crippen LogP contribution in [0.3, 0.4) is 0 Å². The predicted molar refractivity (Wildman–Crippen MR) is 80.7 cm³/mol. The smallest absolute Gasteiger partial charge is 0.0842 e. The molecule has 1 fully saturated rings. The molecule has 0 aromatic carbocycles. The highest BCUT2D eigenvalue weighted by Gasteiger charge is 2.13. The third-order valence-electron chi connectivity index (χ3n) is 3.38. The van der Waals surface area contributed by atoms with E-state index >= 15 is 0 Å². The number of nitrogens with zero attached hydrogens (tertiary/aromatic N) is 1. The minimum absolute atomic E-state index is 0.196. The average Bonchev–Trinajstić information content (AvgIpc) is 2.36. The highest BCUT2D eigenvalue weighted by Crippen LogP contribution is 2.17. The molecule has 1 N–H and O–H groups in total. The summed E-state index contributed by atoms with van der Waals surface area (Å²) in [6.07, 6.45) is 6.82. The maximum Gasteiger partial charge on any atom is 0.0842 e. The molecule has 1 saturated carbocycles. The highest BCUT2D eigenvalue weighted by molar-refractivity contribution is 8.12. The molecule has 1 aliphatic carbocycles. The zero-order valence-corrected chi connectivity index (χ0v) is 13.7. The third kappa shape index (κ3) is 7.56. The van der Waals surface area contributed by atoms with Gasteiger partial charge in [0.25, 0.3) is 0 Å². The zero-order valence-electron chi connectivity index (χ0n) is 12.0. The molecule has 0 atom stereocenters. The summed E-state index contributed by atoms with van der Waals surface area (Å²) in [5.41, 5.74) is 0. The van der Waals surface area contributed by atoms with Gasteiger partial charge < -0.3 is 9.44 Å². The van der Waals surface area contributed by atoms with Crippen LogP contribution in [0.25, 0.3) is 4.13 Å². The fourth-order valence-electron chi connectivity index (χ4n) is 2.27. The number of hydrogen-bond donors (Lipinski definition) is 1. The van der Waals surface area contributed by atoms with Gasteiger partial charge in [0.05, 0.1) is 20.0 Å². The van der Waals surface area contributed by atoms with E-state index < -0.39 is 20.0 Å². The second-order valence-corrected chi connectivity index (χ2v) is 9.03. The van der Waals surface area contributed by atoms with Crippen molar-refractivity contribution in [2.75, 3.05) is 18.1 Å². The number of unbranched alkanes of at least 4 members (excludes halogenated alkanes) is 1. The van der Waals surface area contributed by atoms with Crippen molar-refractivity contribution in [1.29, 1.82) is 0 Å². The lowest BCUT2D eigenvalue weighted by Crippen LogP contribution is -2.34. The standard InChI is InChI=1S/C12H25N2O4S2/c1-2-3-10-19(15,16)14-20(17,18)11-9-13-12-7-5-4-6-8-12/h12-13H,2-11H2,1H3/q-1. The fraction of sp³-hybridized carbons (Fsp3) is 1.00. The topological polar surface area (TPSA) is 94.4 Å². The minimum Gasteiger partial charge on any atom is -0.436 e. The van der Waals surface area contributed by atoms with Crippen molar-refractivity contribution in [3.63, 3.8) is 0 Å². The van der Waals surface area contributed by atoms with Crippen molar-refractivity contribution in [3.05, 3.63) is 4.13 Å². The van der Waals surface area contributed by atoms with Crippen LogP contribution in [-0.2, 0) is 20.0 Å². The number of sulfonamides is 2. The van der Waals surface area contributed by atoms with E-state index in [9.17, 15) is 16.8 Å². The molecule has 0 amide bonds. The van der Waals surface area contributed by atoms with Crippen LogP contribution in [0.5, 0.6) is 0 Å². The summed E-state index contributed by atoms with van der Waals surface area (Å²) in [7, 11) is -7.74. The van der Waals surface area contributed by atoms with Crippen LogP contribution < -0.4 is 5.32 Å². The summed E-state index contributed by atoms with van der Waals surface area (Å²) in [6.45, 7) is 2.11. The molecule has 0 aliphatic heterocycles. The van der Waals surface area contributed by atoms with Crippen LogP contribution in [0.4, 0.5) is 0 Å². The van der Waals surface area contributed by atoms with E-state index in [1.807, 2.05) is 6.92 Å². The van der Waals surface area contributed by atoms with Crippen molar-refractivity contribution in [1.82, 2.24) is 5.32 Å². The Morgan fingerprint density at radius 1 is 1.00 bits per heavy atom. The van der Waals surface area contributed by atoms with Gasteiger partial charge in [-0.15, -0.1) is 0 Å². The van der Waals surface area contributed by atoms with Gasteiger partial charge >= 0.3 is 0 Å². The summed E-state index contributed by atoms with van der Waals surface area (Å²) in [4.78, 5) is 0. The molecule has 8 heteroatoms. The van der Waals surface area contributed by atoms with Gasteiger partial charge in [0, 0.05) is 24.1 Å². The van der Waals surface area contributed by atoms with Crippen molar-refractivity contribution in [3.8, 4) is 0 Å². The van der Waals surface area contributed by atoms with Crippen molar-refractivity contribution in [2.24, 2.45) is 0 Å². The lowest BCUT2D eigenvalue weighted by molar-refractivity contribution is 0.380. The van der Waals surface area contributed by atoms with Crippen LogP contribution in [-0.4, -0.2) is 40.9 Å². The summed E-state index contributed by atoms with van der Waals surface area (Å²) < 4.78 is 49.4. The quantitative estimate of drug-likeness (QED) is 0.697. The third-order valence-corrected chi connectivity index (χ3v) is 6.72. The van der Waals surface area contributed by atoms with E-state index in [2.05, 4.69) is 9.44 Å². The second-order valence-electron chi connectivity index (χ2n) is 5.29. The molecule has 0 heterocycles. The number of hydrogen-bond acceptors (Lipinski definition) is 5. The van der Waals surface area contributed by atoms with Crippen molar-refractivity contribution >= 4 is 20.0 Å². The van der Waals surface area contributed by atoms with E-state index in [-0.39, 0.29) is 18.1 Å². The normalized spacial score (nSPS) is 18.2. The Morgan fingerprint density at radius 3 is 2.20 bits per heavy atom. The van der Waals surface area contributed by atoms with Gasteiger partial charge in [0.2, 0.25) is 0 Å².